The molecule has 2 heterocycles. The first-order chi connectivity index (χ1) is 22.3. The van der Waals surface area contributed by atoms with Crippen LogP contribution in [0.1, 0.15) is 41.6 Å². The Morgan fingerprint density at radius 2 is 1.52 bits per heavy atom. The number of anilines is 1. The fraction of sp³-hybridized carbons (Fsp3) is 0.432. The number of nitrogens with one attached hydrogen (secondary N) is 1. The van der Waals surface area contributed by atoms with Crippen molar-refractivity contribution in [3.63, 3.8) is 0 Å². The number of carbonyl (C=O) groups excluding carboxylic acids is 3. The Bertz CT molecular complexity index is 1450. The van der Waals surface area contributed by atoms with Gasteiger partial charge in [0.05, 0.1) is 11.6 Å². The number of hydrogen-bond donors (Lipinski definition) is 1. The third kappa shape index (κ3) is 8.95. The zero-order chi connectivity index (χ0) is 32.5. The predicted octanol–water partition coefficient (Wildman–Crippen LogP) is 5.44. The first-order valence-corrected chi connectivity index (χ1v) is 16.4. The molecule has 2 saturated heterocycles. The lowest BCUT2D eigenvalue weighted by Gasteiger charge is -2.33. The topological polar surface area (TPSA) is 85.4 Å². The van der Waals surface area contributed by atoms with E-state index in [1.165, 1.54) is 0 Å². The van der Waals surface area contributed by atoms with Gasteiger partial charge in [-0.15, -0.1) is 0 Å². The molecular weight excluding hydrogens is 578 g/mol. The van der Waals surface area contributed by atoms with Crippen LogP contribution in [0, 0.1) is 5.92 Å². The third-order valence-electron chi connectivity index (χ3n) is 9.06. The average molecular weight is 626 g/mol. The van der Waals surface area contributed by atoms with Crippen molar-refractivity contribution in [1.29, 1.82) is 0 Å². The van der Waals surface area contributed by atoms with Crippen molar-refractivity contribution >= 4 is 23.6 Å². The van der Waals surface area contributed by atoms with E-state index >= 15 is 0 Å². The monoisotopic (exact) mass is 625 g/mol. The molecule has 2 fully saturated rings. The highest BCUT2D eigenvalue weighted by Gasteiger charge is 2.27. The molecule has 0 aliphatic carbocycles. The molecule has 0 spiro atoms. The van der Waals surface area contributed by atoms with E-state index in [4.69, 9.17) is 4.74 Å². The Hall–Kier alpha value is -4.21. The molecule has 3 amide bonds. The molecular formula is C37H47N5O4. The number of nitrogens with zero attached hydrogens (tertiary/aromatic N) is 4. The molecule has 0 unspecified atom stereocenters. The van der Waals surface area contributed by atoms with E-state index in [2.05, 4.69) is 15.1 Å². The van der Waals surface area contributed by atoms with Gasteiger partial charge in [-0.2, -0.15) is 0 Å². The summed E-state index contributed by atoms with van der Waals surface area (Å²) in [5.74, 6) is 0.270. The molecule has 0 bridgehead atoms. The number of amides is 3. The SMILES string of the molecule is CN(C)C(=O)[C@@H]1CCCN(Cc2ccc(C(=O)N(C)CCN3CCC(OC(=O)Nc4ccccc4-c4ccccc4)CC3)cc2)C1. The highest BCUT2D eigenvalue weighted by molar-refractivity contribution is 5.94. The standard InChI is InChI=1S/C37H47N5O4/c1-39(2)35(43)31-12-9-21-42(27-31)26-28-15-17-30(18-16-28)36(44)40(3)24-25-41-22-19-32(20-23-41)46-37(45)38-34-14-8-7-13-33(34)29-10-5-4-6-11-29/h4-8,10-11,13-18,31-32H,9,12,19-27H2,1-3H3,(H,38,45)/t31-/m1/s1. The van der Waals surface area contributed by atoms with Crippen LogP contribution in [0.2, 0.25) is 0 Å². The molecule has 2 aliphatic heterocycles. The van der Waals surface area contributed by atoms with Crippen LogP contribution in [-0.4, -0.2) is 104 Å². The summed E-state index contributed by atoms with van der Waals surface area (Å²) in [6.45, 7) is 5.56. The lowest BCUT2D eigenvalue weighted by atomic mass is 9.96. The molecule has 3 aromatic rings. The highest BCUT2D eigenvalue weighted by Crippen LogP contribution is 2.28. The fourth-order valence-electron chi connectivity index (χ4n) is 6.39. The van der Waals surface area contributed by atoms with Crippen LogP contribution in [0.15, 0.2) is 78.9 Å². The molecule has 244 valence electrons. The smallest absolute Gasteiger partial charge is 0.411 e. The summed E-state index contributed by atoms with van der Waals surface area (Å²) in [6.07, 6.45) is 2.92. The normalized spacial score (nSPS) is 17.7. The molecule has 9 nitrogen and oxygen atoms in total. The van der Waals surface area contributed by atoms with Crippen LogP contribution in [0.25, 0.3) is 11.1 Å². The minimum absolute atomic E-state index is 0.00633. The number of likely N-dealkylation sites (tertiary alicyclic amines) is 2. The molecule has 0 radical (unpaired) electrons. The van der Waals surface area contributed by atoms with Crippen molar-refractivity contribution in [2.45, 2.75) is 38.3 Å². The molecule has 3 aromatic carbocycles. The largest absolute Gasteiger partial charge is 0.446 e. The summed E-state index contributed by atoms with van der Waals surface area (Å²) in [7, 11) is 5.49. The Kier molecular flexibility index (Phi) is 11.4. The van der Waals surface area contributed by atoms with E-state index < -0.39 is 6.09 Å². The second kappa shape index (κ2) is 15.9. The van der Waals surface area contributed by atoms with Crippen molar-refractivity contribution in [3.05, 3.63) is 90.0 Å². The van der Waals surface area contributed by atoms with Crippen molar-refractivity contribution in [1.82, 2.24) is 19.6 Å². The van der Waals surface area contributed by atoms with Gasteiger partial charge in [0.2, 0.25) is 5.91 Å². The molecule has 46 heavy (non-hydrogen) atoms. The average Bonchev–Trinajstić information content (AvgIpc) is 3.08. The van der Waals surface area contributed by atoms with E-state index in [0.717, 1.165) is 87.3 Å². The van der Waals surface area contributed by atoms with Gasteiger partial charge in [0.15, 0.2) is 0 Å². The van der Waals surface area contributed by atoms with Gasteiger partial charge in [-0.1, -0.05) is 60.7 Å². The summed E-state index contributed by atoms with van der Waals surface area (Å²) in [6, 6.07) is 25.6. The van der Waals surface area contributed by atoms with Crippen LogP contribution in [-0.2, 0) is 16.1 Å². The van der Waals surface area contributed by atoms with Crippen molar-refractivity contribution < 1.29 is 19.1 Å². The van der Waals surface area contributed by atoms with Crippen LogP contribution in [0.4, 0.5) is 10.5 Å². The zero-order valence-electron chi connectivity index (χ0n) is 27.4. The van der Waals surface area contributed by atoms with Gasteiger partial charge < -0.3 is 19.4 Å². The molecule has 5 rings (SSSR count). The lowest BCUT2D eigenvalue weighted by molar-refractivity contribution is -0.134. The molecule has 1 atom stereocenters. The minimum Gasteiger partial charge on any atom is -0.446 e. The van der Waals surface area contributed by atoms with Gasteiger partial charge in [0.1, 0.15) is 6.10 Å². The number of rotatable bonds is 10. The van der Waals surface area contributed by atoms with Gasteiger partial charge in [-0.05, 0) is 61.6 Å². The Balaban J connectivity index is 1.02. The molecule has 0 aromatic heterocycles. The molecule has 2 aliphatic rings. The maximum Gasteiger partial charge on any atom is 0.411 e. The second-order valence-electron chi connectivity index (χ2n) is 12.7. The third-order valence-corrected chi connectivity index (χ3v) is 9.06. The summed E-state index contributed by atoms with van der Waals surface area (Å²) in [5.41, 5.74) is 4.55. The van der Waals surface area contributed by atoms with Gasteiger partial charge >= 0.3 is 6.09 Å². The first-order valence-electron chi connectivity index (χ1n) is 16.4. The number of likely N-dealkylation sites (N-methyl/N-ethyl adjacent to an activating group) is 1. The Morgan fingerprint density at radius 1 is 0.826 bits per heavy atom. The van der Waals surface area contributed by atoms with Crippen molar-refractivity contribution in [2.24, 2.45) is 5.92 Å². The van der Waals surface area contributed by atoms with Gasteiger partial charge in [0.25, 0.3) is 5.91 Å². The molecule has 1 N–H and O–H groups in total. The van der Waals surface area contributed by atoms with E-state index in [9.17, 15) is 14.4 Å². The minimum atomic E-state index is -0.433. The number of benzene rings is 3. The first kappa shape index (κ1) is 33.2. The lowest BCUT2D eigenvalue weighted by Crippen LogP contribution is -2.42. The van der Waals surface area contributed by atoms with Gasteiger partial charge in [-0.25, -0.2) is 4.79 Å². The van der Waals surface area contributed by atoms with Crippen LogP contribution in [0.5, 0.6) is 0 Å². The highest BCUT2D eigenvalue weighted by atomic mass is 16.6. The summed E-state index contributed by atoms with van der Waals surface area (Å²) >= 11 is 0. The van der Waals surface area contributed by atoms with Gasteiger partial charge in [-0.3, -0.25) is 19.8 Å². The van der Waals surface area contributed by atoms with Crippen molar-refractivity contribution in [2.75, 3.05) is 65.7 Å². The fourth-order valence-corrected chi connectivity index (χ4v) is 6.39. The number of piperidine rings is 2. The number of ether oxygens (including phenoxy) is 1. The molecule has 9 heteroatoms. The maximum atomic E-state index is 13.1. The quantitative estimate of drug-likeness (QED) is 0.323. The van der Waals surface area contributed by atoms with Gasteiger partial charge in [0, 0.05) is 71.5 Å². The number of para-hydroxylation sites is 1. The van der Waals surface area contributed by atoms with E-state index in [0.29, 0.717) is 12.1 Å². The van der Waals surface area contributed by atoms with Crippen LogP contribution < -0.4 is 5.32 Å². The van der Waals surface area contributed by atoms with E-state index in [-0.39, 0.29) is 23.8 Å². The van der Waals surface area contributed by atoms with E-state index in [1.807, 2.05) is 100 Å². The summed E-state index contributed by atoms with van der Waals surface area (Å²) in [4.78, 5) is 46.4. The maximum absolute atomic E-state index is 13.1. The van der Waals surface area contributed by atoms with E-state index in [1.54, 1.807) is 9.80 Å². The predicted molar refractivity (Wildman–Crippen MR) is 182 cm³/mol. The summed E-state index contributed by atoms with van der Waals surface area (Å²) in [5, 5.41) is 2.93. The van der Waals surface area contributed by atoms with Crippen LogP contribution >= 0.6 is 0 Å². The molecule has 0 saturated carbocycles. The second-order valence-corrected chi connectivity index (χ2v) is 12.7. The number of carbonyl (C=O) groups is 3. The van der Waals surface area contributed by atoms with Crippen LogP contribution in [0.3, 0.4) is 0 Å². The Labute approximate surface area is 273 Å². The van der Waals surface area contributed by atoms with Crippen molar-refractivity contribution in [3.8, 4) is 11.1 Å². The number of hydrogen-bond acceptors (Lipinski definition) is 6. The Morgan fingerprint density at radius 3 is 2.24 bits per heavy atom. The zero-order valence-corrected chi connectivity index (χ0v) is 27.4. The summed E-state index contributed by atoms with van der Waals surface area (Å²) < 4.78 is 5.78.